The number of benzene rings is 1. The van der Waals surface area contributed by atoms with Crippen LogP contribution in [0, 0.1) is 0 Å². The molecule has 0 fully saturated rings. The molecule has 0 radical (unpaired) electrons. The third kappa shape index (κ3) is 5.62. The number of nitrogens with two attached hydrogens (primary N) is 1. The second kappa shape index (κ2) is 7.51. The number of hydrogen-bond acceptors (Lipinski definition) is 3. The highest BCUT2D eigenvalue weighted by Gasteiger charge is 2.19. The standard InChI is InChI=1S/C16H28N2O/c1-5-19-15-8-6-14(7-9-15)16(3,4)12-18-11-10-13(2)17/h6-9,13,18H,5,10-12,17H2,1-4H3. The van der Waals surface area contributed by atoms with Crippen LogP contribution in [0.25, 0.3) is 0 Å². The van der Waals surface area contributed by atoms with E-state index in [2.05, 4.69) is 31.3 Å². The molecule has 3 N–H and O–H groups in total. The molecule has 0 aromatic heterocycles. The first-order chi connectivity index (χ1) is 8.95. The molecule has 1 rings (SSSR count). The molecule has 0 aliphatic rings. The molecule has 0 heterocycles. The van der Waals surface area contributed by atoms with Gasteiger partial charge in [-0.15, -0.1) is 0 Å². The molecule has 0 aliphatic heterocycles. The fourth-order valence-electron chi connectivity index (χ4n) is 2.00. The van der Waals surface area contributed by atoms with Gasteiger partial charge in [0, 0.05) is 18.0 Å². The topological polar surface area (TPSA) is 47.3 Å². The van der Waals surface area contributed by atoms with Gasteiger partial charge in [0.05, 0.1) is 6.61 Å². The summed E-state index contributed by atoms with van der Waals surface area (Å²) in [5.74, 6) is 0.937. The number of rotatable bonds is 8. The van der Waals surface area contributed by atoms with E-state index >= 15 is 0 Å². The lowest BCUT2D eigenvalue weighted by Crippen LogP contribution is -2.35. The largest absolute Gasteiger partial charge is 0.494 e. The van der Waals surface area contributed by atoms with Crippen molar-refractivity contribution in [2.45, 2.75) is 45.6 Å². The van der Waals surface area contributed by atoms with Crippen LogP contribution in [-0.2, 0) is 5.41 Å². The van der Waals surface area contributed by atoms with Crippen LogP contribution in [0.5, 0.6) is 5.75 Å². The maximum atomic E-state index is 5.74. The van der Waals surface area contributed by atoms with Crippen LogP contribution in [0.3, 0.4) is 0 Å². The quantitative estimate of drug-likeness (QED) is 0.710. The van der Waals surface area contributed by atoms with Crippen molar-refractivity contribution in [3.63, 3.8) is 0 Å². The molecule has 108 valence electrons. The SMILES string of the molecule is CCOc1ccc(C(C)(C)CNCCC(C)N)cc1. The first-order valence-corrected chi connectivity index (χ1v) is 7.15. The lowest BCUT2D eigenvalue weighted by molar-refractivity contribution is 0.340. The maximum absolute atomic E-state index is 5.74. The summed E-state index contributed by atoms with van der Waals surface area (Å²) in [6.07, 6.45) is 1.01. The Morgan fingerprint density at radius 2 is 1.89 bits per heavy atom. The van der Waals surface area contributed by atoms with Crippen LogP contribution in [0.4, 0.5) is 0 Å². The zero-order valence-electron chi connectivity index (χ0n) is 12.7. The summed E-state index contributed by atoms with van der Waals surface area (Å²) in [5, 5.41) is 3.48. The van der Waals surface area contributed by atoms with Crippen LogP contribution in [0.15, 0.2) is 24.3 Å². The number of hydrogen-bond donors (Lipinski definition) is 2. The molecule has 0 spiro atoms. The Morgan fingerprint density at radius 1 is 1.26 bits per heavy atom. The second-order valence-corrected chi connectivity index (χ2v) is 5.78. The minimum absolute atomic E-state index is 0.114. The van der Waals surface area contributed by atoms with Gasteiger partial charge in [-0.1, -0.05) is 26.0 Å². The van der Waals surface area contributed by atoms with Gasteiger partial charge in [-0.25, -0.2) is 0 Å². The molecule has 0 saturated heterocycles. The zero-order chi connectivity index (χ0) is 14.3. The molecule has 0 bridgehead atoms. The highest BCUT2D eigenvalue weighted by Crippen LogP contribution is 2.24. The van der Waals surface area contributed by atoms with E-state index in [-0.39, 0.29) is 11.5 Å². The summed E-state index contributed by atoms with van der Waals surface area (Å²) in [5.41, 5.74) is 7.18. The monoisotopic (exact) mass is 264 g/mol. The summed E-state index contributed by atoms with van der Waals surface area (Å²) >= 11 is 0. The molecule has 3 heteroatoms. The fraction of sp³-hybridized carbons (Fsp3) is 0.625. The molecule has 1 aromatic carbocycles. The molecule has 0 aliphatic carbocycles. The van der Waals surface area contributed by atoms with Crippen molar-refractivity contribution in [3.05, 3.63) is 29.8 Å². The molecule has 1 unspecified atom stereocenters. The molecule has 0 saturated carbocycles. The highest BCUT2D eigenvalue weighted by molar-refractivity contribution is 5.31. The molecular formula is C16H28N2O. The van der Waals surface area contributed by atoms with E-state index in [0.29, 0.717) is 6.61 Å². The van der Waals surface area contributed by atoms with Gasteiger partial charge in [0.25, 0.3) is 0 Å². The van der Waals surface area contributed by atoms with Crippen molar-refractivity contribution < 1.29 is 4.74 Å². The van der Waals surface area contributed by atoms with Crippen molar-refractivity contribution in [1.82, 2.24) is 5.32 Å². The van der Waals surface area contributed by atoms with Gasteiger partial charge in [-0.2, -0.15) is 0 Å². The van der Waals surface area contributed by atoms with Crippen molar-refractivity contribution in [2.24, 2.45) is 5.73 Å². The molecule has 3 nitrogen and oxygen atoms in total. The van der Waals surface area contributed by atoms with Gasteiger partial charge in [0.2, 0.25) is 0 Å². The Labute approximate surface area is 117 Å². The van der Waals surface area contributed by atoms with Crippen LogP contribution in [0.1, 0.15) is 39.7 Å². The van der Waals surface area contributed by atoms with Crippen molar-refractivity contribution in [2.75, 3.05) is 19.7 Å². The van der Waals surface area contributed by atoms with E-state index < -0.39 is 0 Å². The smallest absolute Gasteiger partial charge is 0.119 e. The summed E-state index contributed by atoms with van der Waals surface area (Å²) in [4.78, 5) is 0. The van der Waals surface area contributed by atoms with E-state index in [9.17, 15) is 0 Å². The molecule has 1 atom stereocenters. The maximum Gasteiger partial charge on any atom is 0.119 e. The van der Waals surface area contributed by atoms with Crippen molar-refractivity contribution >= 4 is 0 Å². The van der Waals surface area contributed by atoms with Gasteiger partial charge in [-0.05, 0) is 44.5 Å². The Kier molecular flexibility index (Phi) is 6.32. The number of nitrogens with one attached hydrogen (secondary N) is 1. The van der Waals surface area contributed by atoms with Gasteiger partial charge in [0.1, 0.15) is 5.75 Å². The Hall–Kier alpha value is -1.06. The van der Waals surface area contributed by atoms with E-state index in [0.717, 1.165) is 25.3 Å². The van der Waals surface area contributed by atoms with Gasteiger partial charge >= 0.3 is 0 Å². The minimum atomic E-state index is 0.114. The fourth-order valence-corrected chi connectivity index (χ4v) is 2.00. The lowest BCUT2D eigenvalue weighted by atomic mass is 9.84. The molecular weight excluding hydrogens is 236 g/mol. The normalized spacial score (nSPS) is 13.3. The highest BCUT2D eigenvalue weighted by atomic mass is 16.5. The predicted octanol–water partition coefficient (Wildman–Crippen LogP) is 2.69. The molecule has 19 heavy (non-hydrogen) atoms. The third-order valence-corrected chi connectivity index (χ3v) is 3.29. The van der Waals surface area contributed by atoms with Gasteiger partial charge in [0.15, 0.2) is 0 Å². The summed E-state index contributed by atoms with van der Waals surface area (Å²) < 4.78 is 5.47. The first kappa shape index (κ1) is 16.0. The first-order valence-electron chi connectivity index (χ1n) is 7.15. The minimum Gasteiger partial charge on any atom is -0.494 e. The van der Waals surface area contributed by atoms with E-state index in [4.69, 9.17) is 10.5 Å². The Bertz CT molecular complexity index is 358. The summed E-state index contributed by atoms with van der Waals surface area (Å²) in [6, 6.07) is 8.66. The average molecular weight is 264 g/mol. The lowest BCUT2D eigenvalue weighted by Gasteiger charge is -2.26. The summed E-state index contributed by atoms with van der Waals surface area (Å²) in [6.45, 7) is 11.2. The predicted molar refractivity (Wildman–Crippen MR) is 81.8 cm³/mol. The Balaban J connectivity index is 2.51. The van der Waals surface area contributed by atoms with E-state index in [1.807, 2.05) is 26.0 Å². The average Bonchev–Trinajstić information content (AvgIpc) is 2.36. The second-order valence-electron chi connectivity index (χ2n) is 5.78. The van der Waals surface area contributed by atoms with Crippen molar-refractivity contribution in [1.29, 1.82) is 0 Å². The van der Waals surface area contributed by atoms with Crippen LogP contribution >= 0.6 is 0 Å². The summed E-state index contributed by atoms with van der Waals surface area (Å²) in [7, 11) is 0. The van der Waals surface area contributed by atoms with Crippen LogP contribution in [0.2, 0.25) is 0 Å². The molecule has 0 amide bonds. The Morgan fingerprint density at radius 3 is 2.42 bits per heavy atom. The van der Waals surface area contributed by atoms with Crippen molar-refractivity contribution in [3.8, 4) is 5.75 Å². The van der Waals surface area contributed by atoms with Gasteiger partial charge < -0.3 is 15.8 Å². The van der Waals surface area contributed by atoms with Crippen LogP contribution < -0.4 is 15.8 Å². The molecule has 1 aromatic rings. The number of ether oxygens (including phenoxy) is 1. The van der Waals surface area contributed by atoms with Gasteiger partial charge in [-0.3, -0.25) is 0 Å². The third-order valence-electron chi connectivity index (χ3n) is 3.29. The van der Waals surface area contributed by atoms with Crippen LogP contribution in [-0.4, -0.2) is 25.7 Å². The zero-order valence-corrected chi connectivity index (χ0v) is 12.7. The van der Waals surface area contributed by atoms with E-state index in [1.54, 1.807) is 0 Å². The van der Waals surface area contributed by atoms with E-state index in [1.165, 1.54) is 5.56 Å².